The molecule has 1 aliphatic heterocycles. The van der Waals surface area contributed by atoms with E-state index in [9.17, 15) is 0 Å². The topological polar surface area (TPSA) is 18.5 Å². The van der Waals surface area contributed by atoms with E-state index < -0.39 is 0 Å². The first-order chi connectivity index (χ1) is 8.24. The van der Waals surface area contributed by atoms with Gasteiger partial charge in [-0.25, -0.2) is 0 Å². The highest BCUT2D eigenvalue weighted by molar-refractivity contribution is 4.89. The van der Waals surface area contributed by atoms with E-state index in [1.54, 1.807) is 0 Å². The van der Waals surface area contributed by atoms with Gasteiger partial charge in [0.2, 0.25) is 0 Å². The fraction of sp³-hybridized carbons (Fsp3) is 1.00. The largest absolute Gasteiger partial charge is 0.315 e. The molecule has 2 rings (SSSR count). The second kappa shape index (κ2) is 6.17. The first-order valence-electron chi connectivity index (χ1n) is 7.34. The number of nitrogens with one attached hydrogen (secondary N) is 1. The van der Waals surface area contributed by atoms with E-state index in [1.807, 2.05) is 0 Å². The van der Waals surface area contributed by atoms with Gasteiger partial charge in [0.1, 0.15) is 0 Å². The Morgan fingerprint density at radius 2 is 1.88 bits per heavy atom. The van der Waals surface area contributed by atoms with Crippen molar-refractivity contribution in [2.75, 3.05) is 40.3 Å². The predicted octanol–water partition coefficient (Wildman–Crippen LogP) is 1.40. The van der Waals surface area contributed by atoms with Crippen molar-refractivity contribution in [3.8, 4) is 0 Å². The molecule has 2 fully saturated rings. The molecule has 1 aliphatic carbocycles. The minimum atomic E-state index is 0.726. The number of likely N-dealkylation sites (N-methyl/N-ethyl adjacent to an activating group) is 2. The number of nitrogens with zero attached hydrogens (tertiary/aromatic N) is 2. The fourth-order valence-electron chi connectivity index (χ4n) is 3.11. The van der Waals surface area contributed by atoms with Crippen LogP contribution in [0.25, 0.3) is 0 Å². The van der Waals surface area contributed by atoms with Crippen LogP contribution >= 0.6 is 0 Å². The average molecular weight is 239 g/mol. The molecule has 0 aromatic heterocycles. The van der Waals surface area contributed by atoms with E-state index >= 15 is 0 Å². The van der Waals surface area contributed by atoms with E-state index in [4.69, 9.17) is 0 Å². The zero-order valence-electron chi connectivity index (χ0n) is 11.8. The molecule has 3 heteroatoms. The normalized spacial score (nSPS) is 25.4. The van der Waals surface area contributed by atoms with E-state index in [0.717, 1.165) is 18.0 Å². The van der Waals surface area contributed by atoms with Crippen LogP contribution in [0.5, 0.6) is 0 Å². The van der Waals surface area contributed by atoms with Crippen molar-refractivity contribution < 1.29 is 0 Å². The van der Waals surface area contributed by atoms with Crippen molar-refractivity contribution >= 4 is 0 Å². The standard InChI is InChI=1S/C14H29N3/c1-4-17-9-7-13(8-10-17)16(3)11-14(15-2)12-5-6-12/h12-15H,4-11H2,1-3H3. The summed E-state index contributed by atoms with van der Waals surface area (Å²) in [7, 11) is 4.44. The molecule has 1 saturated heterocycles. The van der Waals surface area contributed by atoms with Crippen LogP contribution in [0.1, 0.15) is 32.6 Å². The van der Waals surface area contributed by atoms with Crippen molar-refractivity contribution in [3.05, 3.63) is 0 Å². The average Bonchev–Trinajstić information content (AvgIpc) is 3.20. The second-order valence-electron chi connectivity index (χ2n) is 5.84. The Morgan fingerprint density at radius 1 is 1.24 bits per heavy atom. The lowest BCUT2D eigenvalue weighted by Crippen LogP contribution is -2.48. The summed E-state index contributed by atoms with van der Waals surface area (Å²) in [6.45, 7) is 7.31. The molecule has 0 radical (unpaired) electrons. The lowest BCUT2D eigenvalue weighted by molar-refractivity contribution is 0.121. The Hall–Kier alpha value is -0.120. The number of piperidine rings is 1. The van der Waals surface area contributed by atoms with E-state index in [-0.39, 0.29) is 0 Å². The molecule has 100 valence electrons. The van der Waals surface area contributed by atoms with Crippen molar-refractivity contribution in [1.82, 2.24) is 15.1 Å². The van der Waals surface area contributed by atoms with Gasteiger partial charge in [-0.1, -0.05) is 6.92 Å². The summed E-state index contributed by atoms with van der Waals surface area (Å²) in [6.07, 6.45) is 5.58. The summed E-state index contributed by atoms with van der Waals surface area (Å²) in [5.74, 6) is 0.957. The molecule has 1 atom stereocenters. The molecule has 0 bridgehead atoms. The molecular weight excluding hydrogens is 210 g/mol. The lowest BCUT2D eigenvalue weighted by Gasteiger charge is -2.37. The predicted molar refractivity (Wildman–Crippen MR) is 73.3 cm³/mol. The SMILES string of the molecule is CCN1CCC(N(C)CC(NC)C2CC2)CC1. The van der Waals surface area contributed by atoms with Gasteiger partial charge in [0.25, 0.3) is 0 Å². The third-order valence-corrected chi connectivity index (χ3v) is 4.67. The van der Waals surface area contributed by atoms with Gasteiger partial charge < -0.3 is 15.1 Å². The van der Waals surface area contributed by atoms with Gasteiger partial charge in [0.05, 0.1) is 0 Å². The summed E-state index contributed by atoms with van der Waals surface area (Å²) < 4.78 is 0. The van der Waals surface area contributed by atoms with Crippen LogP contribution in [-0.4, -0.2) is 62.2 Å². The van der Waals surface area contributed by atoms with Crippen LogP contribution in [0.2, 0.25) is 0 Å². The quantitative estimate of drug-likeness (QED) is 0.756. The van der Waals surface area contributed by atoms with Gasteiger partial charge in [-0.3, -0.25) is 0 Å². The van der Waals surface area contributed by atoms with Crippen LogP contribution in [0.4, 0.5) is 0 Å². The summed E-state index contributed by atoms with van der Waals surface area (Å²) >= 11 is 0. The van der Waals surface area contributed by atoms with Crippen molar-refractivity contribution in [2.24, 2.45) is 5.92 Å². The first kappa shape index (κ1) is 13.3. The maximum Gasteiger partial charge on any atom is 0.0220 e. The minimum Gasteiger partial charge on any atom is -0.315 e. The fourth-order valence-corrected chi connectivity index (χ4v) is 3.11. The molecule has 1 heterocycles. The molecule has 0 amide bonds. The second-order valence-corrected chi connectivity index (χ2v) is 5.84. The minimum absolute atomic E-state index is 0.726. The van der Waals surface area contributed by atoms with Crippen LogP contribution in [0, 0.1) is 5.92 Å². The molecule has 0 aromatic carbocycles. The maximum absolute atomic E-state index is 3.50. The van der Waals surface area contributed by atoms with Crippen LogP contribution in [0.15, 0.2) is 0 Å². The third kappa shape index (κ3) is 3.67. The molecule has 2 aliphatic rings. The van der Waals surface area contributed by atoms with Crippen LogP contribution in [-0.2, 0) is 0 Å². The van der Waals surface area contributed by atoms with Crippen molar-refractivity contribution in [2.45, 2.75) is 44.7 Å². The molecular formula is C14H29N3. The zero-order valence-corrected chi connectivity index (χ0v) is 11.8. The number of hydrogen-bond acceptors (Lipinski definition) is 3. The van der Waals surface area contributed by atoms with Gasteiger partial charge in [-0.05, 0) is 65.3 Å². The summed E-state index contributed by atoms with van der Waals surface area (Å²) in [6, 6.07) is 1.54. The van der Waals surface area contributed by atoms with Gasteiger partial charge in [-0.2, -0.15) is 0 Å². The number of rotatable bonds is 6. The summed E-state index contributed by atoms with van der Waals surface area (Å²) in [4.78, 5) is 5.17. The molecule has 1 saturated carbocycles. The zero-order chi connectivity index (χ0) is 12.3. The van der Waals surface area contributed by atoms with Crippen molar-refractivity contribution in [3.63, 3.8) is 0 Å². The first-order valence-corrected chi connectivity index (χ1v) is 7.34. The Morgan fingerprint density at radius 3 is 2.35 bits per heavy atom. The molecule has 3 nitrogen and oxygen atoms in total. The number of likely N-dealkylation sites (tertiary alicyclic amines) is 1. The summed E-state index contributed by atoms with van der Waals surface area (Å²) in [5.41, 5.74) is 0. The molecule has 17 heavy (non-hydrogen) atoms. The van der Waals surface area contributed by atoms with Gasteiger partial charge in [0.15, 0.2) is 0 Å². The third-order valence-electron chi connectivity index (χ3n) is 4.67. The molecule has 1 N–H and O–H groups in total. The Kier molecular flexibility index (Phi) is 4.83. The lowest BCUT2D eigenvalue weighted by atomic mass is 10.0. The molecule has 1 unspecified atom stereocenters. The van der Waals surface area contributed by atoms with E-state index in [2.05, 4.69) is 36.1 Å². The molecule has 0 spiro atoms. The highest BCUT2D eigenvalue weighted by atomic mass is 15.2. The van der Waals surface area contributed by atoms with Crippen molar-refractivity contribution in [1.29, 1.82) is 0 Å². The Labute approximate surface area is 107 Å². The highest BCUT2D eigenvalue weighted by Gasteiger charge is 2.32. The highest BCUT2D eigenvalue weighted by Crippen LogP contribution is 2.33. The maximum atomic E-state index is 3.50. The summed E-state index contributed by atoms with van der Waals surface area (Å²) in [5, 5.41) is 3.50. The smallest absolute Gasteiger partial charge is 0.0220 e. The molecule has 0 aromatic rings. The van der Waals surface area contributed by atoms with E-state index in [1.165, 1.54) is 51.9 Å². The van der Waals surface area contributed by atoms with Gasteiger partial charge >= 0.3 is 0 Å². The monoisotopic (exact) mass is 239 g/mol. The Bertz CT molecular complexity index is 220. The number of hydrogen-bond donors (Lipinski definition) is 1. The van der Waals surface area contributed by atoms with Crippen LogP contribution in [0.3, 0.4) is 0 Å². The van der Waals surface area contributed by atoms with Crippen LogP contribution < -0.4 is 5.32 Å². The van der Waals surface area contributed by atoms with E-state index in [0.29, 0.717) is 0 Å². The Balaban J connectivity index is 1.73. The van der Waals surface area contributed by atoms with Gasteiger partial charge in [0, 0.05) is 18.6 Å². The van der Waals surface area contributed by atoms with Gasteiger partial charge in [-0.15, -0.1) is 0 Å².